The minimum atomic E-state index is -1.48. The minimum absolute atomic E-state index is 0.317. The quantitative estimate of drug-likeness (QED) is 0.465. The molecule has 0 spiro atoms. The van der Waals surface area contributed by atoms with E-state index < -0.39 is 60.1 Å². The monoisotopic (exact) mass is 400 g/mol. The van der Waals surface area contributed by atoms with E-state index in [2.05, 4.69) is 4.74 Å². The molecular weight excluding hydrogens is 372 g/mol. The van der Waals surface area contributed by atoms with Crippen LogP contribution in [0.4, 0.5) is 0 Å². The van der Waals surface area contributed by atoms with Crippen LogP contribution < -0.4 is 0 Å². The largest absolute Gasteiger partial charge is 0.463 e. The van der Waals surface area contributed by atoms with Crippen molar-refractivity contribution >= 4 is 23.9 Å². The maximum Gasteiger partial charge on any atom is 0.373 e. The van der Waals surface area contributed by atoms with Gasteiger partial charge >= 0.3 is 23.9 Å². The molecule has 0 bridgehead atoms. The molecule has 0 unspecified atom stereocenters. The second-order valence-corrected chi connectivity index (χ2v) is 7.21. The van der Waals surface area contributed by atoms with Crippen molar-refractivity contribution in [1.29, 1.82) is 0 Å². The lowest BCUT2D eigenvalue weighted by Gasteiger charge is -2.35. The Balaban J connectivity index is 3.29. The van der Waals surface area contributed by atoms with Crippen LogP contribution in [0.2, 0.25) is 0 Å². The summed E-state index contributed by atoms with van der Waals surface area (Å²) in [6, 6.07) is 0. The Hall–Kier alpha value is -2.58. The summed E-state index contributed by atoms with van der Waals surface area (Å²) in [5, 5.41) is 0. The van der Waals surface area contributed by atoms with E-state index in [0.717, 1.165) is 7.11 Å². The van der Waals surface area contributed by atoms with Gasteiger partial charge in [-0.3, -0.25) is 14.4 Å². The van der Waals surface area contributed by atoms with Crippen LogP contribution in [0.5, 0.6) is 0 Å². The number of esters is 4. The Morgan fingerprint density at radius 3 is 1.75 bits per heavy atom. The molecule has 158 valence electrons. The maximum atomic E-state index is 12.1. The summed E-state index contributed by atoms with van der Waals surface area (Å²) < 4.78 is 26.0. The van der Waals surface area contributed by atoms with Gasteiger partial charge in [0.05, 0.1) is 24.9 Å². The number of hydrogen-bond acceptors (Lipinski definition) is 9. The number of carbonyl (C=O) groups excluding carboxylic acids is 4. The van der Waals surface area contributed by atoms with Crippen molar-refractivity contribution in [2.45, 2.75) is 60.0 Å². The first-order valence-corrected chi connectivity index (χ1v) is 9.06. The minimum Gasteiger partial charge on any atom is -0.463 e. The molecule has 1 heterocycles. The van der Waals surface area contributed by atoms with E-state index in [1.54, 1.807) is 41.5 Å². The predicted molar refractivity (Wildman–Crippen MR) is 95.3 cm³/mol. The van der Waals surface area contributed by atoms with Gasteiger partial charge in [-0.2, -0.15) is 0 Å². The van der Waals surface area contributed by atoms with Gasteiger partial charge in [-0.15, -0.1) is 0 Å². The summed E-state index contributed by atoms with van der Waals surface area (Å²) in [5.41, 5.74) is 0. The fourth-order valence-corrected chi connectivity index (χ4v) is 1.95. The first-order valence-electron chi connectivity index (χ1n) is 9.06. The molecule has 9 heteroatoms. The van der Waals surface area contributed by atoms with Gasteiger partial charge in [0, 0.05) is 6.08 Å². The van der Waals surface area contributed by atoms with Crippen LogP contribution in [0.15, 0.2) is 11.8 Å². The fourth-order valence-electron chi connectivity index (χ4n) is 1.95. The van der Waals surface area contributed by atoms with E-state index in [1.807, 2.05) is 0 Å². The van der Waals surface area contributed by atoms with Crippen molar-refractivity contribution in [3.05, 3.63) is 11.8 Å². The van der Waals surface area contributed by atoms with E-state index in [0.29, 0.717) is 0 Å². The van der Waals surface area contributed by atoms with Crippen LogP contribution in [-0.2, 0) is 42.9 Å². The molecule has 0 saturated carbocycles. The molecule has 0 N–H and O–H groups in total. The molecule has 0 radical (unpaired) electrons. The number of methoxy groups -OCH3 is 1. The van der Waals surface area contributed by atoms with Gasteiger partial charge in [0.25, 0.3) is 6.29 Å². The Morgan fingerprint density at radius 2 is 1.29 bits per heavy atom. The topological polar surface area (TPSA) is 114 Å². The first kappa shape index (κ1) is 23.5. The summed E-state index contributed by atoms with van der Waals surface area (Å²) in [4.78, 5) is 48.2. The van der Waals surface area contributed by atoms with Gasteiger partial charge in [-0.25, -0.2) is 4.79 Å². The smallest absolute Gasteiger partial charge is 0.373 e. The molecule has 0 fully saturated rings. The van der Waals surface area contributed by atoms with Crippen molar-refractivity contribution < 1.29 is 42.9 Å². The van der Waals surface area contributed by atoms with Crippen LogP contribution in [0.3, 0.4) is 0 Å². The number of ether oxygens (including phenoxy) is 5. The van der Waals surface area contributed by atoms with Crippen molar-refractivity contribution in [3.63, 3.8) is 0 Å². The van der Waals surface area contributed by atoms with E-state index in [1.165, 1.54) is 6.08 Å². The van der Waals surface area contributed by atoms with Gasteiger partial charge < -0.3 is 23.7 Å². The normalized spacial score (nSPS) is 21.6. The molecule has 0 saturated heterocycles. The molecular formula is C19H28O9. The molecule has 9 nitrogen and oxygen atoms in total. The fraction of sp³-hybridized carbons (Fsp3) is 0.684. The van der Waals surface area contributed by atoms with Crippen molar-refractivity contribution in [2.75, 3.05) is 7.11 Å². The average Bonchev–Trinajstić information content (AvgIpc) is 2.62. The second kappa shape index (κ2) is 10.1. The highest BCUT2D eigenvalue weighted by Gasteiger charge is 2.45. The molecule has 0 aromatic carbocycles. The third-order valence-electron chi connectivity index (χ3n) is 3.69. The molecule has 0 aliphatic carbocycles. The van der Waals surface area contributed by atoms with E-state index in [4.69, 9.17) is 18.9 Å². The Bertz CT molecular complexity index is 633. The van der Waals surface area contributed by atoms with Crippen LogP contribution >= 0.6 is 0 Å². The Labute approximate surface area is 164 Å². The second-order valence-electron chi connectivity index (χ2n) is 7.21. The molecule has 0 aromatic heterocycles. The van der Waals surface area contributed by atoms with Gasteiger partial charge in [0.1, 0.15) is 0 Å². The third kappa shape index (κ3) is 6.24. The summed E-state index contributed by atoms with van der Waals surface area (Å²) in [7, 11) is 1.14. The lowest BCUT2D eigenvalue weighted by Crippen LogP contribution is -2.50. The lowest BCUT2D eigenvalue weighted by atomic mass is 10.1. The Kier molecular flexibility index (Phi) is 8.46. The summed E-state index contributed by atoms with van der Waals surface area (Å²) in [5.74, 6) is -4.49. The molecule has 1 aliphatic heterocycles. The van der Waals surface area contributed by atoms with Gasteiger partial charge in [0.2, 0.25) is 11.9 Å². The van der Waals surface area contributed by atoms with E-state index >= 15 is 0 Å². The SMILES string of the molecule is COC(=O)C1=C[C@H](OC(=O)C(C)C)[C@@H](OC(=O)C(C)C)[C@H](OC(=O)C(C)C)O1. The molecule has 0 amide bonds. The highest BCUT2D eigenvalue weighted by Crippen LogP contribution is 2.27. The molecule has 1 rings (SSSR count). The summed E-state index contributed by atoms with van der Waals surface area (Å²) in [6.07, 6.45) is -2.80. The Morgan fingerprint density at radius 1 is 0.821 bits per heavy atom. The number of carbonyl (C=O) groups is 4. The zero-order valence-electron chi connectivity index (χ0n) is 17.2. The zero-order chi connectivity index (χ0) is 21.6. The van der Waals surface area contributed by atoms with Gasteiger partial charge in [-0.05, 0) is 0 Å². The highest BCUT2D eigenvalue weighted by molar-refractivity contribution is 5.86. The maximum absolute atomic E-state index is 12.1. The van der Waals surface area contributed by atoms with Gasteiger partial charge in [-0.1, -0.05) is 41.5 Å². The van der Waals surface area contributed by atoms with E-state index in [9.17, 15) is 19.2 Å². The van der Waals surface area contributed by atoms with Crippen molar-refractivity contribution in [1.82, 2.24) is 0 Å². The van der Waals surface area contributed by atoms with Crippen LogP contribution in [-0.4, -0.2) is 49.5 Å². The molecule has 3 atom stereocenters. The highest BCUT2D eigenvalue weighted by atomic mass is 16.7. The molecule has 1 aliphatic rings. The summed E-state index contributed by atoms with van der Waals surface area (Å²) in [6.45, 7) is 9.69. The number of hydrogen-bond donors (Lipinski definition) is 0. The molecule has 0 aromatic rings. The molecule has 28 heavy (non-hydrogen) atoms. The van der Waals surface area contributed by atoms with Crippen LogP contribution in [0, 0.1) is 17.8 Å². The van der Waals surface area contributed by atoms with Crippen molar-refractivity contribution in [3.8, 4) is 0 Å². The van der Waals surface area contributed by atoms with E-state index in [-0.39, 0.29) is 5.76 Å². The standard InChI is InChI=1S/C19H28O9/c1-9(2)15(20)25-12-8-13(18(23)24-7)26-19(28-17(22)11(5)6)14(12)27-16(21)10(3)4/h8-12,14,19H,1-7H3/t12-,14+,19-/m0/s1. The number of rotatable bonds is 7. The summed E-state index contributed by atoms with van der Waals surface area (Å²) >= 11 is 0. The zero-order valence-corrected chi connectivity index (χ0v) is 17.2. The predicted octanol–water partition coefficient (Wildman–Crippen LogP) is 1.73. The average molecular weight is 400 g/mol. The first-order chi connectivity index (χ1) is 13.0. The lowest BCUT2D eigenvalue weighted by molar-refractivity contribution is -0.229. The van der Waals surface area contributed by atoms with Gasteiger partial charge in [0.15, 0.2) is 6.10 Å². The van der Waals surface area contributed by atoms with Crippen LogP contribution in [0.25, 0.3) is 0 Å². The van der Waals surface area contributed by atoms with Crippen LogP contribution in [0.1, 0.15) is 41.5 Å². The third-order valence-corrected chi connectivity index (χ3v) is 3.69. The van der Waals surface area contributed by atoms with Crippen molar-refractivity contribution in [2.24, 2.45) is 17.8 Å².